The zero-order valence-electron chi connectivity index (χ0n) is 7.99. The van der Waals surface area contributed by atoms with Crippen molar-refractivity contribution >= 4 is 22.7 Å². The quantitative estimate of drug-likeness (QED) is 0.785. The fourth-order valence-electron chi connectivity index (χ4n) is 1.38. The molecule has 2 aromatic rings. The fraction of sp³-hybridized carbons (Fsp3) is 0.300. The summed E-state index contributed by atoms with van der Waals surface area (Å²) in [6, 6.07) is 5.97. The van der Waals surface area contributed by atoms with Crippen molar-refractivity contribution in [3.05, 3.63) is 23.8 Å². The van der Waals surface area contributed by atoms with Crippen molar-refractivity contribution < 1.29 is 4.52 Å². The minimum Gasteiger partial charge on any atom is -0.355 e. The van der Waals surface area contributed by atoms with E-state index in [0.717, 1.165) is 21.7 Å². The van der Waals surface area contributed by atoms with Crippen LogP contribution in [0.25, 0.3) is 11.0 Å². The number of aryl methyl sites for hydroxylation is 1. The minimum absolute atomic E-state index is 0.658. The number of aromatic nitrogens is 1. The lowest BCUT2D eigenvalue weighted by atomic mass is 10.2. The van der Waals surface area contributed by atoms with Gasteiger partial charge in [-0.25, -0.2) is 0 Å². The zero-order chi connectivity index (χ0) is 9.97. The molecule has 0 radical (unpaired) electrons. The maximum absolute atomic E-state index is 5.45. The van der Waals surface area contributed by atoms with Crippen LogP contribution >= 0.6 is 11.8 Å². The maximum atomic E-state index is 5.45. The second-order valence-electron chi connectivity index (χ2n) is 3.07. The molecule has 14 heavy (non-hydrogen) atoms. The largest absolute Gasteiger partial charge is 0.355 e. The third-order valence-electron chi connectivity index (χ3n) is 2.03. The molecule has 0 bridgehead atoms. The van der Waals surface area contributed by atoms with Gasteiger partial charge in [0.2, 0.25) is 0 Å². The molecule has 74 valence electrons. The van der Waals surface area contributed by atoms with Crippen LogP contribution in [0, 0.1) is 6.92 Å². The van der Waals surface area contributed by atoms with E-state index in [9.17, 15) is 0 Å². The first-order valence-electron chi connectivity index (χ1n) is 4.51. The molecule has 0 unspecified atom stereocenters. The molecule has 1 aromatic carbocycles. The molecule has 4 heteroatoms. The Labute approximate surface area is 86.6 Å². The van der Waals surface area contributed by atoms with E-state index in [-0.39, 0.29) is 0 Å². The Morgan fingerprint density at radius 3 is 3.14 bits per heavy atom. The van der Waals surface area contributed by atoms with Crippen LogP contribution in [-0.4, -0.2) is 17.5 Å². The lowest BCUT2D eigenvalue weighted by Gasteiger charge is -1.96. The standard InChI is InChI=1S/C10H12N2OS/c1-7-3-2-4-8-9(7)10(12-13-8)14-6-5-11/h2-4H,5-6,11H2,1H3. The van der Waals surface area contributed by atoms with Gasteiger partial charge in [-0.3, -0.25) is 0 Å². The lowest BCUT2D eigenvalue weighted by Crippen LogP contribution is -2.00. The highest BCUT2D eigenvalue weighted by molar-refractivity contribution is 7.99. The topological polar surface area (TPSA) is 52.0 Å². The van der Waals surface area contributed by atoms with Crippen LogP contribution in [0.2, 0.25) is 0 Å². The molecule has 1 aromatic heterocycles. The van der Waals surface area contributed by atoms with Crippen LogP contribution in [0.15, 0.2) is 27.7 Å². The molecular formula is C10H12N2OS. The van der Waals surface area contributed by atoms with Gasteiger partial charge in [-0.05, 0) is 18.6 Å². The predicted molar refractivity (Wildman–Crippen MR) is 58.5 cm³/mol. The summed E-state index contributed by atoms with van der Waals surface area (Å²) < 4.78 is 5.22. The van der Waals surface area contributed by atoms with Crippen molar-refractivity contribution in [1.29, 1.82) is 0 Å². The average Bonchev–Trinajstić information content (AvgIpc) is 2.59. The third kappa shape index (κ3) is 1.63. The molecule has 0 saturated carbocycles. The van der Waals surface area contributed by atoms with E-state index >= 15 is 0 Å². The first kappa shape index (κ1) is 9.55. The molecule has 0 saturated heterocycles. The second-order valence-corrected chi connectivity index (χ2v) is 4.16. The van der Waals surface area contributed by atoms with Crippen LogP contribution in [0.4, 0.5) is 0 Å². The van der Waals surface area contributed by atoms with Gasteiger partial charge in [-0.1, -0.05) is 17.3 Å². The molecule has 2 rings (SSSR count). The Balaban J connectivity index is 2.45. The van der Waals surface area contributed by atoms with E-state index in [4.69, 9.17) is 10.3 Å². The fourth-order valence-corrected chi connectivity index (χ4v) is 2.19. The van der Waals surface area contributed by atoms with Gasteiger partial charge < -0.3 is 10.3 Å². The summed E-state index contributed by atoms with van der Waals surface area (Å²) in [5, 5.41) is 6.09. The number of fused-ring (bicyclic) bond motifs is 1. The van der Waals surface area contributed by atoms with E-state index in [1.165, 1.54) is 5.56 Å². The first-order valence-corrected chi connectivity index (χ1v) is 5.49. The Hall–Kier alpha value is -1.00. The summed E-state index contributed by atoms with van der Waals surface area (Å²) in [5.41, 5.74) is 7.50. The van der Waals surface area contributed by atoms with Crippen LogP contribution in [0.5, 0.6) is 0 Å². The highest BCUT2D eigenvalue weighted by atomic mass is 32.2. The number of nitrogens with zero attached hydrogens (tertiary/aromatic N) is 1. The van der Waals surface area contributed by atoms with Crippen molar-refractivity contribution in [2.75, 3.05) is 12.3 Å². The molecule has 3 nitrogen and oxygen atoms in total. The summed E-state index contributed by atoms with van der Waals surface area (Å²) in [7, 11) is 0. The number of hydrogen-bond donors (Lipinski definition) is 1. The second kappa shape index (κ2) is 4.02. The molecule has 0 aliphatic rings. The predicted octanol–water partition coefficient (Wildman–Crippen LogP) is 2.19. The van der Waals surface area contributed by atoms with Crippen LogP contribution in [0.1, 0.15) is 5.56 Å². The lowest BCUT2D eigenvalue weighted by molar-refractivity contribution is 0.437. The summed E-state index contributed by atoms with van der Waals surface area (Å²) >= 11 is 1.64. The number of nitrogens with two attached hydrogens (primary N) is 1. The van der Waals surface area contributed by atoms with E-state index in [1.54, 1.807) is 11.8 Å². The number of rotatable bonds is 3. The van der Waals surface area contributed by atoms with Crippen molar-refractivity contribution in [2.45, 2.75) is 11.9 Å². The highest BCUT2D eigenvalue weighted by Gasteiger charge is 2.09. The molecule has 0 fully saturated rings. The number of thioether (sulfide) groups is 1. The van der Waals surface area contributed by atoms with Crippen molar-refractivity contribution in [3.63, 3.8) is 0 Å². The summed E-state index contributed by atoms with van der Waals surface area (Å²) in [4.78, 5) is 0. The maximum Gasteiger partial charge on any atom is 0.168 e. The zero-order valence-corrected chi connectivity index (χ0v) is 8.80. The molecule has 0 aliphatic carbocycles. The Bertz CT molecular complexity index is 439. The number of benzene rings is 1. The molecular weight excluding hydrogens is 196 g/mol. The smallest absolute Gasteiger partial charge is 0.168 e. The van der Waals surface area contributed by atoms with Crippen LogP contribution in [0.3, 0.4) is 0 Å². The highest BCUT2D eigenvalue weighted by Crippen LogP contribution is 2.29. The molecule has 1 heterocycles. The molecule has 0 amide bonds. The molecule has 0 atom stereocenters. The summed E-state index contributed by atoms with van der Waals surface area (Å²) in [6.45, 7) is 2.72. The Morgan fingerprint density at radius 1 is 1.50 bits per heavy atom. The Kier molecular flexibility index (Phi) is 2.74. The minimum atomic E-state index is 0.658. The molecule has 0 spiro atoms. The van der Waals surface area contributed by atoms with Crippen molar-refractivity contribution in [3.8, 4) is 0 Å². The third-order valence-corrected chi connectivity index (χ3v) is 3.02. The normalized spacial score (nSPS) is 11.0. The number of hydrogen-bond acceptors (Lipinski definition) is 4. The van der Waals surface area contributed by atoms with Gasteiger partial charge >= 0.3 is 0 Å². The average molecular weight is 208 g/mol. The van der Waals surface area contributed by atoms with E-state index < -0.39 is 0 Å². The SMILES string of the molecule is Cc1cccc2onc(SCCN)c12. The first-order chi connectivity index (χ1) is 6.83. The van der Waals surface area contributed by atoms with Gasteiger partial charge in [0.15, 0.2) is 5.58 Å². The Morgan fingerprint density at radius 2 is 2.36 bits per heavy atom. The van der Waals surface area contributed by atoms with Gasteiger partial charge in [-0.2, -0.15) is 0 Å². The van der Waals surface area contributed by atoms with E-state index in [1.807, 2.05) is 12.1 Å². The van der Waals surface area contributed by atoms with Crippen molar-refractivity contribution in [1.82, 2.24) is 5.16 Å². The van der Waals surface area contributed by atoms with Gasteiger partial charge in [0.05, 0.1) is 5.39 Å². The molecule has 0 aliphatic heterocycles. The van der Waals surface area contributed by atoms with Gasteiger partial charge in [-0.15, -0.1) is 11.8 Å². The monoisotopic (exact) mass is 208 g/mol. The molecule has 2 N–H and O–H groups in total. The van der Waals surface area contributed by atoms with Crippen LogP contribution < -0.4 is 5.73 Å². The van der Waals surface area contributed by atoms with Gasteiger partial charge in [0.1, 0.15) is 5.03 Å². The summed E-state index contributed by atoms with van der Waals surface area (Å²) in [5.74, 6) is 0.871. The van der Waals surface area contributed by atoms with Crippen LogP contribution in [-0.2, 0) is 0 Å². The van der Waals surface area contributed by atoms with Gasteiger partial charge in [0, 0.05) is 12.3 Å². The van der Waals surface area contributed by atoms with E-state index in [2.05, 4.69) is 18.1 Å². The van der Waals surface area contributed by atoms with E-state index in [0.29, 0.717) is 6.54 Å². The summed E-state index contributed by atoms with van der Waals surface area (Å²) in [6.07, 6.45) is 0. The van der Waals surface area contributed by atoms with Gasteiger partial charge in [0.25, 0.3) is 0 Å². The van der Waals surface area contributed by atoms with Crippen molar-refractivity contribution in [2.24, 2.45) is 5.73 Å².